The molecule has 0 radical (unpaired) electrons. The average Bonchev–Trinajstić information content (AvgIpc) is 3.33. The van der Waals surface area contributed by atoms with Crippen LogP contribution in [0.15, 0.2) is 18.2 Å². The highest BCUT2D eigenvalue weighted by Gasteiger charge is 2.49. The Morgan fingerprint density at radius 3 is 2.30 bits per heavy atom. The van der Waals surface area contributed by atoms with Gasteiger partial charge in [0.15, 0.2) is 0 Å². The van der Waals surface area contributed by atoms with Gasteiger partial charge in [-0.2, -0.15) is 0 Å². The fourth-order valence-electron chi connectivity index (χ4n) is 6.34. The Labute approximate surface area is 197 Å². The number of hydrogen-bond donors (Lipinski definition) is 1. The molecule has 2 aliphatic heterocycles. The molecule has 1 N–H and O–H groups in total. The van der Waals surface area contributed by atoms with Crippen molar-refractivity contribution in [1.82, 2.24) is 9.80 Å². The molecule has 33 heavy (non-hydrogen) atoms. The van der Waals surface area contributed by atoms with Crippen LogP contribution >= 0.6 is 0 Å². The number of fused-ring (bicyclic) bond motifs is 1. The molecule has 4 rings (SSSR count). The quantitative estimate of drug-likeness (QED) is 0.668. The molecule has 0 aromatic heterocycles. The van der Waals surface area contributed by atoms with Crippen LogP contribution < -0.4 is 14.8 Å². The largest absolute Gasteiger partial charge is 0.497 e. The second kappa shape index (κ2) is 10.3. The van der Waals surface area contributed by atoms with E-state index in [0.29, 0.717) is 48.5 Å². The van der Waals surface area contributed by atoms with Crippen LogP contribution in [0.3, 0.4) is 0 Å². The summed E-state index contributed by atoms with van der Waals surface area (Å²) in [7, 11) is 3.18. The third kappa shape index (κ3) is 4.98. The molecule has 2 saturated heterocycles. The van der Waals surface area contributed by atoms with E-state index >= 15 is 0 Å². The van der Waals surface area contributed by atoms with Crippen LogP contribution in [-0.4, -0.2) is 67.0 Å². The van der Waals surface area contributed by atoms with Crippen molar-refractivity contribution in [2.75, 3.05) is 39.2 Å². The van der Waals surface area contributed by atoms with Gasteiger partial charge < -0.3 is 24.6 Å². The highest BCUT2D eigenvalue weighted by molar-refractivity contribution is 6.00. The van der Waals surface area contributed by atoms with E-state index in [-0.39, 0.29) is 11.8 Å². The summed E-state index contributed by atoms with van der Waals surface area (Å²) in [6, 6.07) is 5.91. The second-order valence-electron chi connectivity index (χ2n) is 9.93. The molecule has 2 amide bonds. The van der Waals surface area contributed by atoms with E-state index in [0.717, 1.165) is 19.3 Å². The molecule has 182 valence electrons. The van der Waals surface area contributed by atoms with E-state index in [4.69, 9.17) is 9.47 Å². The summed E-state index contributed by atoms with van der Waals surface area (Å²) >= 11 is 0. The number of piperidine rings is 2. The maximum absolute atomic E-state index is 13.8. The number of carbonyl (C=O) groups is 2. The number of hydrogen-bond acceptors (Lipinski definition) is 5. The number of ether oxygens (including phenoxy) is 2. The van der Waals surface area contributed by atoms with Crippen LogP contribution in [0.5, 0.6) is 11.5 Å². The molecule has 1 saturated carbocycles. The topological polar surface area (TPSA) is 71.1 Å². The van der Waals surface area contributed by atoms with Gasteiger partial charge in [-0.15, -0.1) is 0 Å². The van der Waals surface area contributed by atoms with Crippen molar-refractivity contribution in [3.05, 3.63) is 18.2 Å². The van der Waals surface area contributed by atoms with E-state index < -0.39 is 5.54 Å². The lowest BCUT2D eigenvalue weighted by atomic mass is 9.81. The first kappa shape index (κ1) is 23.9. The van der Waals surface area contributed by atoms with Crippen LogP contribution in [-0.2, 0) is 9.59 Å². The summed E-state index contributed by atoms with van der Waals surface area (Å²) in [5.74, 6) is 1.58. The fourth-order valence-corrected chi connectivity index (χ4v) is 6.34. The standard InChI is InChI=1S/C26H39N3O4/c1-19(30)29(18-20-9-8-14-28-13-7-4-10-24(20)28)26(11-5-6-12-26)25(31)27-21-15-22(32-2)17-23(16-21)33-3/h15-17,20,24H,4-14,18H2,1-3H3,(H,27,31)/t20-,24-/m0/s1. The van der Waals surface area contributed by atoms with E-state index in [2.05, 4.69) is 10.2 Å². The summed E-state index contributed by atoms with van der Waals surface area (Å²) in [6.45, 7) is 4.64. The average molecular weight is 458 g/mol. The Balaban J connectivity index is 1.58. The zero-order valence-corrected chi connectivity index (χ0v) is 20.4. The summed E-state index contributed by atoms with van der Waals surface area (Å²) in [6.07, 6.45) is 9.39. The maximum atomic E-state index is 13.8. The number of benzene rings is 1. The van der Waals surface area contributed by atoms with Gasteiger partial charge in [-0.05, 0) is 57.5 Å². The lowest BCUT2D eigenvalue weighted by molar-refractivity contribution is -0.145. The third-order valence-corrected chi connectivity index (χ3v) is 8.01. The minimum Gasteiger partial charge on any atom is -0.497 e. The van der Waals surface area contributed by atoms with Crippen molar-refractivity contribution in [2.24, 2.45) is 5.92 Å². The number of nitrogens with zero attached hydrogens (tertiary/aromatic N) is 2. The van der Waals surface area contributed by atoms with Crippen LogP contribution in [0.1, 0.15) is 64.7 Å². The number of anilines is 1. The van der Waals surface area contributed by atoms with Crippen LogP contribution in [0, 0.1) is 5.92 Å². The zero-order chi connectivity index (χ0) is 23.4. The Morgan fingerprint density at radius 1 is 1.00 bits per heavy atom. The molecule has 1 aromatic carbocycles. The summed E-state index contributed by atoms with van der Waals surface area (Å²) in [5, 5.41) is 3.10. The van der Waals surface area contributed by atoms with E-state index in [9.17, 15) is 9.59 Å². The predicted octanol–water partition coefficient (Wildman–Crippen LogP) is 4.07. The van der Waals surface area contributed by atoms with Gasteiger partial charge in [0.1, 0.15) is 17.0 Å². The first-order chi connectivity index (χ1) is 16.0. The van der Waals surface area contributed by atoms with Crippen molar-refractivity contribution >= 4 is 17.5 Å². The number of amides is 2. The van der Waals surface area contributed by atoms with Crippen LogP contribution in [0.25, 0.3) is 0 Å². The van der Waals surface area contributed by atoms with Gasteiger partial charge in [0.05, 0.1) is 14.2 Å². The van der Waals surface area contributed by atoms with Crippen molar-refractivity contribution in [3.63, 3.8) is 0 Å². The highest BCUT2D eigenvalue weighted by atomic mass is 16.5. The second-order valence-corrected chi connectivity index (χ2v) is 9.93. The number of carbonyl (C=O) groups excluding carboxylic acids is 2. The molecular weight excluding hydrogens is 418 g/mol. The van der Waals surface area contributed by atoms with Crippen molar-refractivity contribution in [1.29, 1.82) is 0 Å². The zero-order valence-electron chi connectivity index (χ0n) is 20.4. The van der Waals surface area contributed by atoms with Crippen molar-refractivity contribution < 1.29 is 19.1 Å². The van der Waals surface area contributed by atoms with Gasteiger partial charge >= 0.3 is 0 Å². The minimum atomic E-state index is -0.793. The van der Waals surface area contributed by atoms with Crippen molar-refractivity contribution in [2.45, 2.75) is 76.3 Å². The predicted molar refractivity (Wildman–Crippen MR) is 129 cm³/mol. The molecule has 2 heterocycles. The summed E-state index contributed by atoms with van der Waals surface area (Å²) in [5.41, 5.74) is -0.166. The number of methoxy groups -OCH3 is 2. The van der Waals surface area contributed by atoms with Crippen LogP contribution in [0.2, 0.25) is 0 Å². The SMILES string of the molecule is COc1cc(NC(=O)C2(N(C[C@@H]3CCCN4CCCC[C@@H]34)C(C)=O)CCCC2)cc(OC)c1. The number of rotatable bonds is 7. The molecule has 3 fully saturated rings. The fraction of sp³-hybridized carbons (Fsp3) is 0.692. The number of nitrogens with one attached hydrogen (secondary N) is 1. The molecule has 7 heteroatoms. The van der Waals surface area contributed by atoms with Gasteiger partial charge in [-0.3, -0.25) is 9.59 Å². The molecule has 3 aliphatic rings. The van der Waals surface area contributed by atoms with Gasteiger partial charge in [0.25, 0.3) is 0 Å². The molecule has 0 bridgehead atoms. The molecule has 0 spiro atoms. The van der Waals surface area contributed by atoms with Crippen LogP contribution in [0.4, 0.5) is 5.69 Å². The monoisotopic (exact) mass is 457 g/mol. The summed E-state index contributed by atoms with van der Waals surface area (Å²) in [4.78, 5) is 31.4. The summed E-state index contributed by atoms with van der Waals surface area (Å²) < 4.78 is 10.7. The smallest absolute Gasteiger partial charge is 0.250 e. The molecule has 7 nitrogen and oxygen atoms in total. The van der Waals surface area contributed by atoms with Crippen molar-refractivity contribution in [3.8, 4) is 11.5 Å². The molecule has 1 aromatic rings. The normalized spacial score (nSPS) is 24.6. The Morgan fingerprint density at radius 2 is 1.67 bits per heavy atom. The van der Waals surface area contributed by atoms with Gasteiger partial charge in [-0.25, -0.2) is 0 Å². The lowest BCUT2D eigenvalue weighted by Gasteiger charge is -2.48. The molecule has 1 aliphatic carbocycles. The Hall–Kier alpha value is -2.28. The van der Waals surface area contributed by atoms with E-state index in [1.54, 1.807) is 39.3 Å². The first-order valence-corrected chi connectivity index (χ1v) is 12.5. The van der Waals surface area contributed by atoms with E-state index in [1.807, 2.05) is 4.90 Å². The lowest BCUT2D eigenvalue weighted by Crippen LogP contribution is -2.60. The van der Waals surface area contributed by atoms with Gasteiger partial charge in [0.2, 0.25) is 11.8 Å². The first-order valence-electron chi connectivity index (χ1n) is 12.5. The third-order valence-electron chi connectivity index (χ3n) is 8.01. The molecule has 2 atom stereocenters. The Kier molecular flexibility index (Phi) is 7.47. The van der Waals surface area contributed by atoms with Gasteiger partial charge in [-0.1, -0.05) is 19.3 Å². The maximum Gasteiger partial charge on any atom is 0.250 e. The van der Waals surface area contributed by atoms with E-state index in [1.165, 1.54) is 38.8 Å². The Bertz CT molecular complexity index is 828. The molecule has 0 unspecified atom stereocenters. The highest BCUT2D eigenvalue weighted by Crippen LogP contribution is 2.40. The minimum absolute atomic E-state index is 0.00297. The molecular formula is C26H39N3O4. The van der Waals surface area contributed by atoms with Gasteiger partial charge in [0, 0.05) is 43.4 Å².